The number of piperidine rings is 1. The van der Waals surface area contributed by atoms with Crippen molar-refractivity contribution in [2.75, 3.05) is 40.5 Å². The van der Waals surface area contributed by atoms with Crippen molar-refractivity contribution in [3.8, 4) is 10.4 Å². The van der Waals surface area contributed by atoms with Crippen LogP contribution < -0.4 is 20.9 Å². The minimum absolute atomic E-state index is 0.173. The number of nitrogens with one attached hydrogen (secondary N) is 3. The van der Waals surface area contributed by atoms with E-state index in [1.807, 2.05) is 29.6 Å². The number of hydrogen-bond acceptors (Lipinski definition) is 6. The fourth-order valence-electron chi connectivity index (χ4n) is 5.44. The molecule has 1 spiro atoms. The van der Waals surface area contributed by atoms with Gasteiger partial charge in [-0.2, -0.15) is 0 Å². The number of hydrogen-bond donors (Lipinski definition) is 4. The Bertz CT molecular complexity index is 1480. The second kappa shape index (κ2) is 9.83. The Balaban J connectivity index is 1.15. The number of thiophene rings is 1. The van der Waals surface area contributed by atoms with Crippen molar-refractivity contribution < 1.29 is 14.7 Å². The van der Waals surface area contributed by atoms with Crippen LogP contribution in [0.5, 0.6) is 0 Å². The smallest absolute Gasteiger partial charge is 0.409 e. The molecule has 2 aliphatic rings. The molecule has 2 aromatic carbocycles. The van der Waals surface area contributed by atoms with E-state index in [1.165, 1.54) is 11.3 Å². The largest absolute Gasteiger partial charge is 0.465 e. The average molecular weight is 526 g/mol. The molecule has 1 saturated heterocycles. The molecular formula is C29H27N5O3S. The van der Waals surface area contributed by atoms with Crippen LogP contribution in [0.25, 0.3) is 10.4 Å². The molecular weight excluding hydrogens is 498 g/mol. The second-order valence-electron chi connectivity index (χ2n) is 9.69. The Hall–Kier alpha value is -4.37. The monoisotopic (exact) mass is 525 g/mol. The van der Waals surface area contributed by atoms with E-state index in [4.69, 9.17) is 0 Å². The molecule has 2 amide bonds. The van der Waals surface area contributed by atoms with Crippen molar-refractivity contribution in [3.05, 3.63) is 89.4 Å². The molecule has 4 heterocycles. The molecule has 0 atom stereocenters. The van der Waals surface area contributed by atoms with Crippen molar-refractivity contribution in [2.24, 2.45) is 0 Å². The van der Waals surface area contributed by atoms with Gasteiger partial charge in [0.15, 0.2) is 0 Å². The lowest BCUT2D eigenvalue weighted by Crippen LogP contribution is -2.44. The van der Waals surface area contributed by atoms with Gasteiger partial charge in [0.1, 0.15) is 5.82 Å². The molecule has 192 valence electrons. The first-order chi connectivity index (χ1) is 18.5. The second-order valence-corrected chi connectivity index (χ2v) is 10.6. The highest BCUT2D eigenvalue weighted by Crippen LogP contribution is 2.44. The van der Waals surface area contributed by atoms with Crippen LogP contribution in [0.4, 0.5) is 27.7 Å². The summed E-state index contributed by atoms with van der Waals surface area (Å²) in [5.74, 6) is 0.496. The lowest BCUT2D eigenvalue weighted by molar-refractivity contribution is 0.102. The van der Waals surface area contributed by atoms with Crippen LogP contribution in [0.1, 0.15) is 28.8 Å². The highest BCUT2D eigenvalue weighted by atomic mass is 32.1. The van der Waals surface area contributed by atoms with Crippen molar-refractivity contribution in [1.82, 2.24) is 4.98 Å². The van der Waals surface area contributed by atoms with Gasteiger partial charge in [-0.1, -0.05) is 30.3 Å². The number of rotatable bonds is 5. The Kier molecular flexibility index (Phi) is 6.21. The third-order valence-electron chi connectivity index (χ3n) is 7.49. The van der Waals surface area contributed by atoms with E-state index in [-0.39, 0.29) is 11.3 Å². The number of aromatic nitrogens is 1. The summed E-state index contributed by atoms with van der Waals surface area (Å²) >= 11 is 1.57. The highest BCUT2D eigenvalue weighted by Gasteiger charge is 2.41. The zero-order valence-corrected chi connectivity index (χ0v) is 21.4. The Labute approximate surface area is 224 Å². The van der Waals surface area contributed by atoms with Gasteiger partial charge in [-0.3, -0.25) is 10.1 Å². The third-order valence-corrected chi connectivity index (χ3v) is 8.40. The van der Waals surface area contributed by atoms with E-state index in [9.17, 15) is 14.7 Å². The summed E-state index contributed by atoms with van der Waals surface area (Å²) in [7, 11) is 0. The molecule has 0 saturated carbocycles. The van der Waals surface area contributed by atoms with Crippen LogP contribution in [0.15, 0.2) is 78.3 Å². The van der Waals surface area contributed by atoms with Gasteiger partial charge in [-0.25, -0.2) is 9.78 Å². The molecule has 38 heavy (non-hydrogen) atoms. The molecule has 0 unspecified atom stereocenters. The molecule has 1 fully saturated rings. The van der Waals surface area contributed by atoms with Crippen molar-refractivity contribution in [1.29, 1.82) is 0 Å². The molecule has 4 N–H and O–H groups in total. The summed E-state index contributed by atoms with van der Waals surface area (Å²) < 4.78 is 0. The summed E-state index contributed by atoms with van der Waals surface area (Å²) in [6, 6.07) is 21.4. The van der Waals surface area contributed by atoms with E-state index in [2.05, 4.69) is 50.1 Å². The zero-order chi connectivity index (χ0) is 26.1. The Morgan fingerprint density at radius 3 is 2.55 bits per heavy atom. The number of benzene rings is 2. The first kappa shape index (κ1) is 24.0. The van der Waals surface area contributed by atoms with Gasteiger partial charge in [0.25, 0.3) is 5.91 Å². The van der Waals surface area contributed by atoms with Crippen molar-refractivity contribution >= 4 is 46.2 Å². The molecule has 8 nitrogen and oxygen atoms in total. The number of para-hydroxylation sites is 1. The quantitative estimate of drug-likeness (QED) is 0.250. The third kappa shape index (κ3) is 4.56. The molecule has 0 aliphatic carbocycles. The summed E-state index contributed by atoms with van der Waals surface area (Å²) in [5, 5.41) is 20.0. The van der Waals surface area contributed by atoms with Crippen molar-refractivity contribution in [2.45, 2.75) is 18.3 Å². The zero-order valence-electron chi connectivity index (χ0n) is 20.6. The molecule has 2 aromatic heterocycles. The molecule has 6 rings (SSSR count). The minimum Gasteiger partial charge on any atom is -0.465 e. The summed E-state index contributed by atoms with van der Waals surface area (Å²) in [4.78, 5) is 32.2. The van der Waals surface area contributed by atoms with Crippen LogP contribution in [0, 0.1) is 0 Å². The summed E-state index contributed by atoms with van der Waals surface area (Å²) in [5.41, 5.74) is 4.82. The maximum atomic E-state index is 13.1. The number of carbonyl (C=O) groups excluding carboxylic acids is 1. The topological polar surface area (TPSA) is 107 Å². The first-order valence-corrected chi connectivity index (χ1v) is 13.4. The summed E-state index contributed by atoms with van der Waals surface area (Å²) in [6.45, 7) is 2.77. The van der Waals surface area contributed by atoms with Crippen LogP contribution in [-0.4, -0.2) is 41.7 Å². The lowest BCUT2D eigenvalue weighted by atomic mass is 9.74. The lowest BCUT2D eigenvalue weighted by Gasteiger charge is -2.40. The predicted octanol–water partition coefficient (Wildman–Crippen LogP) is 6.12. The maximum Gasteiger partial charge on any atom is 0.409 e. The van der Waals surface area contributed by atoms with E-state index in [0.717, 1.165) is 48.7 Å². The number of pyridine rings is 1. The Morgan fingerprint density at radius 1 is 0.974 bits per heavy atom. The fraction of sp³-hybridized carbons (Fsp3) is 0.207. The van der Waals surface area contributed by atoms with Gasteiger partial charge in [-0.05, 0) is 65.7 Å². The Morgan fingerprint density at radius 2 is 1.82 bits per heavy atom. The average Bonchev–Trinajstić information content (AvgIpc) is 3.60. The molecule has 4 aromatic rings. The van der Waals surface area contributed by atoms with Crippen LogP contribution in [-0.2, 0) is 5.41 Å². The number of carboxylic acid groups (broad SMARTS) is 1. The molecule has 0 radical (unpaired) electrons. The van der Waals surface area contributed by atoms with Gasteiger partial charge in [-0.15, -0.1) is 11.3 Å². The molecule has 0 bridgehead atoms. The van der Waals surface area contributed by atoms with Gasteiger partial charge < -0.3 is 20.6 Å². The van der Waals surface area contributed by atoms with Crippen LogP contribution >= 0.6 is 11.3 Å². The number of nitrogens with zero attached hydrogens (tertiary/aromatic N) is 2. The summed E-state index contributed by atoms with van der Waals surface area (Å²) in [6.07, 6.45) is 2.46. The number of carbonyl (C=O) groups is 2. The van der Waals surface area contributed by atoms with Crippen LogP contribution in [0.2, 0.25) is 0 Å². The highest BCUT2D eigenvalue weighted by molar-refractivity contribution is 7.13. The van der Waals surface area contributed by atoms with E-state index >= 15 is 0 Å². The van der Waals surface area contributed by atoms with E-state index in [1.54, 1.807) is 35.7 Å². The minimum atomic E-state index is -1.20. The van der Waals surface area contributed by atoms with Crippen molar-refractivity contribution in [3.63, 3.8) is 0 Å². The molecule has 9 heteroatoms. The van der Waals surface area contributed by atoms with Gasteiger partial charge in [0, 0.05) is 41.8 Å². The first-order valence-electron chi connectivity index (χ1n) is 12.5. The fourth-order valence-corrected chi connectivity index (χ4v) is 6.16. The number of fused-ring (bicyclic) bond motifs is 2. The maximum absolute atomic E-state index is 13.1. The standard InChI is InChI=1S/C29H27N5O3S/c35-27(32-24-16-19(25-6-3-15-38-25)7-9-23(24)33-28(36)37)20-8-10-26(30-17-20)34-13-11-29(12-14-34)18-31-22-5-2-1-4-21(22)29/h1-10,15-17,31,33H,11-14,18H2,(H,32,35)(H,36,37). The number of anilines is 4. The number of amides is 2. The van der Waals surface area contributed by atoms with Gasteiger partial charge in [0.05, 0.1) is 16.9 Å². The normalized spacial score (nSPS) is 15.5. The van der Waals surface area contributed by atoms with Gasteiger partial charge in [0.2, 0.25) is 0 Å². The SMILES string of the molecule is O=C(O)Nc1ccc(-c2cccs2)cc1NC(=O)c1ccc(N2CCC3(CC2)CNc2ccccc23)nc1. The van der Waals surface area contributed by atoms with Crippen LogP contribution in [0.3, 0.4) is 0 Å². The molecule has 2 aliphatic heterocycles. The van der Waals surface area contributed by atoms with E-state index < -0.39 is 6.09 Å². The van der Waals surface area contributed by atoms with Gasteiger partial charge >= 0.3 is 6.09 Å². The predicted molar refractivity (Wildman–Crippen MR) is 152 cm³/mol. The van der Waals surface area contributed by atoms with E-state index in [0.29, 0.717) is 16.9 Å².